The smallest absolute Gasteiger partial charge is 0.334 e. The minimum absolute atomic E-state index is 0.136. The molecule has 0 bridgehead atoms. The highest BCUT2D eigenvalue weighted by atomic mass is 35.5. The van der Waals surface area contributed by atoms with E-state index in [1.807, 2.05) is 24.3 Å². The summed E-state index contributed by atoms with van der Waals surface area (Å²) >= 11 is 6.56. The van der Waals surface area contributed by atoms with Crippen LogP contribution in [0.4, 0.5) is 11.6 Å². The largest absolute Gasteiger partial charge is 0.464 e. The Morgan fingerprint density at radius 3 is 2.64 bits per heavy atom. The Bertz CT molecular complexity index is 1210. The molecule has 4 rings (SSSR count). The SMILES string of the molecule is CCOC(=O)[C@@H](C)OC[C@@H](C)NC1CCC(Nc2cc(-c3cccc(NCC4(C#N)CCOCC4)n3)c(Cl)cn2)CC1. The number of nitrogens with zero attached hydrogens (tertiary/aromatic N) is 3. The van der Waals surface area contributed by atoms with E-state index in [9.17, 15) is 10.1 Å². The molecule has 2 aliphatic rings. The first-order chi connectivity index (χ1) is 20.3. The number of pyridine rings is 2. The van der Waals surface area contributed by atoms with Crippen molar-refractivity contribution >= 4 is 29.2 Å². The number of anilines is 2. The molecule has 228 valence electrons. The predicted octanol–water partition coefficient (Wildman–Crippen LogP) is 5.20. The van der Waals surface area contributed by atoms with Gasteiger partial charge >= 0.3 is 5.97 Å². The number of hydrogen-bond acceptors (Lipinski definition) is 10. The Labute approximate surface area is 253 Å². The van der Waals surface area contributed by atoms with Gasteiger partial charge in [0.15, 0.2) is 6.10 Å². The van der Waals surface area contributed by atoms with Crippen molar-refractivity contribution in [3.8, 4) is 17.3 Å². The lowest BCUT2D eigenvalue weighted by molar-refractivity contribution is -0.155. The molecule has 42 heavy (non-hydrogen) atoms. The third-order valence-electron chi connectivity index (χ3n) is 7.99. The molecule has 1 aliphatic heterocycles. The zero-order chi connectivity index (χ0) is 30.0. The summed E-state index contributed by atoms with van der Waals surface area (Å²) in [4.78, 5) is 21.1. The summed E-state index contributed by atoms with van der Waals surface area (Å²) in [5.41, 5.74) is 1.11. The third-order valence-corrected chi connectivity index (χ3v) is 8.29. The number of carbonyl (C=O) groups excluding carboxylic acids is 1. The molecule has 0 radical (unpaired) electrons. The van der Waals surface area contributed by atoms with Crippen LogP contribution >= 0.6 is 11.6 Å². The Morgan fingerprint density at radius 1 is 1.19 bits per heavy atom. The topological polar surface area (TPSA) is 130 Å². The standard InChI is InChI=1S/C31H43ClN6O4/c1-4-41-30(39)22(3)42-18-21(2)36-23-8-10-24(11-9-23)37-29-16-25(26(32)17-34-29)27-6-5-7-28(38-27)35-20-31(19-33)12-14-40-15-13-31/h5-7,16-17,21-24,36H,4,8-15,18,20H2,1-3H3,(H,34,37)(H,35,38)/t21-,22-,23?,24?/m1/s1. The van der Waals surface area contributed by atoms with E-state index < -0.39 is 11.5 Å². The average molecular weight is 599 g/mol. The van der Waals surface area contributed by atoms with Gasteiger partial charge in [0.2, 0.25) is 0 Å². The van der Waals surface area contributed by atoms with E-state index in [4.69, 9.17) is 30.8 Å². The summed E-state index contributed by atoms with van der Waals surface area (Å²) in [6.07, 6.45) is 6.60. The molecule has 10 nitrogen and oxygen atoms in total. The summed E-state index contributed by atoms with van der Waals surface area (Å²) < 4.78 is 16.1. The maximum absolute atomic E-state index is 11.8. The van der Waals surface area contributed by atoms with Gasteiger partial charge in [-0.2, -0.15) is 5.26 Å². The molecule has 3 heterocycles. The molecule has 3 N–H and O–H groups in total. The molecule has 2 atom stereocenters. The maximum Gasteiger partial charge on any atom is 0.334 e. The molecule has 2 aromatic rings. The number of carbonyl (C=O) groups is 1. The van der Waals surface area contributed by atoms with Crippen LogP contribution in [0.3, 0.4) is 0 Å². The van der Waals surface area contributed by atoms with Crippen molar-refractivity contribution in [3.63, 3.8) is 0 Å². The molecule has 0 spiro atoms. The molecule has 0 amide bonds. The number of ether oxygens (including phenoxy) is 3. The molecular formula is C31H43ClN6O4. The Balaban J connectivity index is 1.28. The summed E-state index contributed by atoms with van der Waals surface area (Å²) in [6.45, 7) is 8.13. The van der Waals surface area contributed by atoms with Crippen molar-refractivity contribution < 1.29 is 19.0 Å². The van der Waals surface area contributed by atoms with Gasteiger partial charge in [-0.05, 0) is 77.5 Å². The van der Waals surface area contributed by atoms with Crippen molar-refractivity contribution in [1.29, 1.82) is 5.26 Å². The van der Waals surface area contributed by atoms with Crippen LogP contribution in [-0.2, 0) is 19.0 Å². The first kappa shape index (κ1) is 32.0. The Morgan fingerprint density at radius 2 is 1.93 bits per heavy atom. The number of esters is 1. The van der Waals surface area contributed by atoms with Crippen LogP contribution in [0.2, 0.25) is 5.02 Å². The summed E-state index contributed by atoms with van der Waals surface area (Å²) in [5, 5.41) is 20.9. The fourth-order valence-corrected chi connectivity index (χ4v) is 5.63. The van der Waals surface area contributed by atoms with Crippen LogP contribution in [0, 0.1) is 16.7 Å². The second kappa shape index (κ2) is 15.5. The number of nitrogens with one attached hydrogen (secondary N) is 3. The van der Waals surface area contributed by atoms with Gasteiger partial charge in [0.25, 0.3) is 0 Å². The van der Waals surface area contributed by atoms with Crippen LogP contribution < -0.4 is 16.0 Å². The molecule has 11 heteroatoms. The lowest BCUT2D eigenvalue weighted by Crippen LogP contribution is -2.43. The zero-order valence-electron chi connectivity index (χ0n) is 24.8. The lowest BCUT2D eigenvalue weighted by atomic mass is 9.82. The van der Waals surface area contributed by atoms with E-state index in [1.54, 1.807) is 20.0 Å². The third kappa shape index (κ3) is 9.01. The molecule has 2 fully saturated rings. The monoisotopic (exact) mass is 598 g/mol. The summed E-state index contributed by atoms with van der Waals surface area (Å²) in [6, 6.07) is 11.1. The van der Waals surface area contributed by atoms with E-state index in [1.165, 1.54) is 0 Å². The highest BCUT2D eigenvalue weighted by Crippen LogP contribution is 2.32. The van der Waals surface area contributed by atoms with Crippen LogP contribution in [0.1, 0.15) is 59.3 Å². The Kier molecular flexibility index (Phi) is 11.8. The van der Waals surface area contributed by atoms with Gasteiger partial charge in [-0.3, -0.25) is 0 Å². The second-order valence-electron chi connectivity index (χ2n) is 11.3. The predicted molar refractivity (Wildman–Crippen MR) is 163 cm³/mol. The van der Waals surface area contributed by atoms with Crippen LogP contribution in [0.15, 0.2) is 30.5 Å². The fraction of sp³-hybridized carbons (Fsp3) is 0.613. The molecule has 1 aliphatic carbocycles. The van der Waals surface area contributed by atoms with Crippen molar-refractivity contribution in [2.24, 2.45) is 5.41 Å². The van der Waals surface area contributed by atoms with Gasteiger partial charge in [-0.15, -0.1) is 0 Å². The van der Waals surface area contributed by atoms with Gasteiger partial charge in [0, 0.05) is 49.6 Å². The quantitative estimate of drug-likeness (QED) is 0.264. The maximum atomic E-state index is 11.8. The number of rotatable bonds is 13. The Hall–Kier alpha value is -2.97. The lowest BCUT2D eigenvalue weighted by Gasteiger charge is -2.32. The van der Waals surface area contributed by atoms with Gasteiger partial charge in [0.1, 0.15) is 11.6 Å². The van der Waals surface area contributed by atoms with Gasteiger partial charge in [0.05, 0.1) is 35.4 Å². The highest BCUT2D eigenvalue weighted by molar-refractivity contribution is 6.33. The van der Waals surface area contributed by atoms with E-state index in [2.05, 4.69) is 33.9 Å². The average Bonchev–Trinajstić information content (AvgIpc) is 3.01. The zero-order valence-corrected chi connectivity index (χ0v) is 25.6. The van der Waals surface area contributed by atoms with E-state index >= 15 is 0 Å². The highest BCUT2D eigenvalue weighted by Gasteiger charge is 2.32. The normalized spacial score (nSPS) is 21.5. The summed E-state index contributed by atoms with van der Waals surface area (Å²) in [7, 11) is 0. The number of halogens is 1. The molecular weight excluding hydrogens is 556 g/mol. The van der Waals surface area contributed by atoms with Crippen molar-refractivity contribution in [2.45, 2.75) is 83.5 Å². The van der Waals surface area contributed by atoms with Crippen LogP contribution in [0.25, 0.3) is 11.3 Å². The van der Waals surface area contributed by atoms with Crippen LogP contribution in [0.5, 0.6) is 0 Å². The van der Waals surface area contributed by atoms with Gasteiger partial charge in [-0.25, -0.2) is 14.8 Å². The first-order valence-electron chi connectivity index (χ1n) is 15.0. The minimum Gasteiger partial charge on any atom is -0.464 e. The molecule has 1 saturated carbocycles. The molecule has 0 unspecified atom stereocenters. The fourth-order valence-electron chi connectivity index (χ4n) is 5.43. The van der Waals surface area contributed by atoms with Crippen molar-refractivity contribution in [3.05, 3.63) is 35.5 Å². The first-order valence-corrected chi connectivity index (χ1v) is 15.4. The van der Waals surface area contributed by atoms with Crippen molar-refractivity contribution in [1.82, 2.24) is 15.3 Å². The number of aromatic nitrogens is 2. The minimum atomic E-state index is -0.562. The van der Waals surface area contributed by atoms with E-state index in [-0.39, 0.29) is 12.0 Å². The molecule has 0 aromatic carbocycles. The second-order valence-corrected chi connectivity index (χ2v) is 11.7. The van der Waals surface area contributed by atoms with Gasteiger partial charge in [-0.1, -0.05) is 17.7 Å². The van der Waals surface area contributed by atoms with E-state index in [0.29, 0.717) is 68.7 Å². The van der Waals surface area contributed by atoms with Gasteiger partial charge < -0.3 is 30.2 Å². The number of nitriles is 1. The van der Waals surface area contributed by atoms with Crippen molar-refractivity contribution in [2.75, 3.05) is 43.6 Å². The van der Waals surface area contributed by atoms with E-state index in [0.717, 1.165) is 42.8 Å². The summed E-state index contributed by atoms with van der Waals surface area (Å²) in [5.74, 6) is 1.15. The molecule has 2 aromatic heterocycles. The van der Waals surface area contributed by atoms with Crippen LogP contribution in [-0.4, -0.2) is 73.1 Å². The number of hydrogen-bond donors (Lipinski definition) is 3. The molecule has 1 saturated heterocycles.